The molecule has 1 spiro atoms. The third-order valence-electron chi connectivity index (χ3n) is 5.41. The van der Waals surface area contributed by atoms with Crippen molar-refractivity contribution in [2.45, 2.75) is 18.8 Å². The smallest absolute Gasteiger partial charge is 0.339 e. The molecule has 1 aromatic rings. The highest BCUT2D eigenvalue weighted by atomic mass is 16.6. The van der Waals surface area contributed by atoms with Gasteiger partial charge in [-0.25, -0.2) is 14.4 Å². The Morgan fingerprint density at radius 1 is 1.15 bits per heavy atom. The number of methoxy groups -OCH3 is 2. The van der Waals surface area contributed by atoms with Gasteiger partial charge in [-0.1, -0.05) is 24.3 Å². The summed E-state index contributed by atoms with van der Waals surface area (Å²) in [6.45, 7) is 5.49. The van der Waals surface area contributed by atoms with E-state index in [4.69, 9.17) is 19.9 Å². The van der Waals surface area contributed by atoms with Gasteiger partial charge in [-0.15, -0.1) is 6.58 Å². The fourth-order valence-corrected chi connectivity index (χ4v) is 4.12. The molecule has 0 bridgehead atoms. The third-order valence-corrected chi connectivity index (χ3v) is 5.41. The number of hydrogen-bond donors (Lipinski definition) is 1. The van der Waals surface area contributed by atoms with Crippen LogP contribution in [-0.2, 0) is 43.5 Å². The number of rotatable bonds is 7. The molecule has 0 unspecified atom stereocenters. The molecule has 0 saturated carbocycles. The molecule has 0 amide bonds. The largest absolute Gasteiger partial charge is 0.469 e. The Morgan fingerprint density at radius 2 is 1.85 bits per heavy atom. The van der Waals surface area contributed by atoms with E-state index in [1.54, 1.807) is 42.2 Å². The SMILES string of the molecule is C=CCN1C(N)=C(C(=O)OCC)[C@]2(C(=O)OC(CC(=O)OC)=C2C(=O)OC)c2ccccc21. The van der Waals surface area contributed by atoms with Crippen LogP contribution in [0.15, 0.2) is 59.6 Å². The summed E-state index contributed by atoms with van der Waals surface area (Å²) in [5, 5.41) is 0. The monoisotopic (exact) mass is 456 g/mol. The lowest BCUT2D eigenvalue weighted by Crippen LogP contribution is -2.50. The Hall–Kier alpha value is -4.08. The lowest BCUT2D eigenvalue weighted by molar-refractivity contribution is -0.147. The van der Waals surface area contributed by atoms with Crippen LogP contribution < -0.4 is 10.6 Å². The van der Waals surface area contributed by atoms with Gasteiger partial charge in [0.15, 0.2) is 5.41 Å². The van der Waals surface area contributed by atoms with Crippen molar-refractivity contribution in [1.82, 2.24) is 0 Å². The number of carbonyl (C=O) groups is 4. The highest BCUT2D eigenvalue weighted by molar-refractivity contribution is 6.16. The fraction of sp³-hybridized carbons (Fsp3) is 0.304. The van der Waals surface area contributed by atoms with Crippen LogP contribution in [0, 0.1) is 0 Å². The van der Waals surface area contributed by atoms with Crippen molar-refractivity contribution in [2.75, 3.05) is 32.3 Å². The van der Waals surface area contributed by atoms with E-state index in [0.29, 0.717) is 5.69 Å². The van der Waals surface area contributed by atoms with Gasteiger partial charge >= 0.3 is 23.9 Å². The van der Waals surface area contributed by atoms with Crippen LogP contribution in [-0.4, -0.2) is 51.2 Å². The van der Waals surface area contributed by atoms with Crippen molar-refractivity contribution < 1.29 is 38.1 Å². The van der Waals surface area contributed by atoms with Crippen LogP contribution >= 0.6 is 0 Å². The highest BCUT2D eigenvalue weighted by Crippen LogP contribution is 2.54. The van der Waals surface area contributed by atoms with E-state index in [1.165, 1.54) is 0 Å². The second-order valence-corrected chi connectivity index (χ2v) is 7.08. The maximum atomic E-state index is 13.6. The van der Waals surface area contributed by atoms with E-state index >= 15 is 0 Å². The molecule has 1 aromatic carbocycles. The third kappa shape index (κ3) is 3.53. The van der Waals surface area contributed by atoms with E-state index in [-0.39, 0.29) is 41.4 Å². The number of anilines is 1. The lowest BCUT2D eigenvalue weighted by atomic mass is 9.66. The number of esters is 4. The Balaban J connectivity index is 2.47. The van der Waals surface area contributed by atoms with Crippen LogP contribution in [0.25, 0.3) is 0 Å². The number of nitrogens with two attached hydrogens (primary N) is 1. The van der Waals surface area contributed by atoms with E-state index < -0.39 is 35.7 Å². The van der Waals surface area contributed by atoms with Crippen LogP contribution in [0.2, 0.25) is 0 Å². The van der Waals surface area contributed by atoms with E-state index in [0.717, 1.165) is 14.2 Å². The molecule has 174 valence electrons. The van der Waals surface area contributed by atoms with Gasteiger partial charge in [-0.05, 0) is 13.0 Å². The molecule has 2 N–H and O–H groups in total. The van der Waals surface area contributed by atoms with Crippen LogP contribution in [0.4, 0.5) is 5.69 Å². The standard InChI is InChI=1S/C23H24N2O8/c1-5-11-25-14-10-8-7-9-13(14)23(18(19(25)24)21(28)32-6-2)17(20(27)31-4)15(33-22(23)29)12-16(26)30-3/h5,7-10H,1,6,11-12,24H2,2-4H3/t23-/m0/s1. The summed E-state index contributed by atoms with van der Waals surface area (Å²) in [4.78, 5) is 53.5. The molecule has 0 fully saturated rings. The molecular formula is C23H24N2O8. The number of para-hydroxylation sites is 1. The first-order valence-corrected chi connectivity index (χ1v) is 10.1. The molecule has 10 nitrogen and oxygen atoms in total. The van der Waals surface area contributed by atoms with Crippen LogP contribution in [0.5, 0.6) is 0 Å². The first-order chi connectivity index (χ1) is 15.8. The zero-order chi connectivity index (χ0) is 24.3. The molecule has 1 atom stereocenters. The Labute approximate surface area is 190 Å². The molecule has 2 aliphatic rings. The van der Waals surface area contributed by atoms with Crippen LogP contribution in [0.1, 0.15) is 18.9 Å². The molecule has 0 aliphatic carbocycles. The number of fused-ring (bicyclic) bond motifs is 2. The van der Waals surface area contributed by atoms with Crippen molar-refractivity contribution in [3.63, 3.8) is 0 Å². The van der Waals surface area contributed by atoms with Crippen LogP contribution in [0.3, 0.4) is 0 Å². The summed E-state index contributed by atoms with van der Waals surface area (Å²) in [7, 11) is 2.26. The molecule has 33 heavy (non-hydrogen) atoms. The Kier molecular flexibility index (Phi) is 6.57. The zero-order valence-electron chi connectivity index (χ0n) is 18.5. The predicted molar refractivity (Wildman–Crippen MR) is 115 cm³/mol. The summed E-state index contributed by atoms with van der Waals surface area (Å²) in [6, 6.07) is 6.60. The van der Waals surface area contributed by atoms with Gasteiger partial charge in [0.25, 0.3) is 0 Å². The zero-order valence-corrected chi connectivity index (χ0v) is 18.5. The summed E-state index contributed by atoms with van der Waals surface area (Å²) in [5.74, 6) is -4.05. The summed E-state index contributed by atoms with van der Waals surface area (Å²) < 4.78 is 20.3. The maximum Gasteiger partial charge on any atom is 0.339 e. The van der Waals surface area contributed by atoms with Crippen molar-refractivity contribution in [3.05, 3.63) is 65.2 Å². The van der Waals surface area contributed by atoms with Crippen molar-refractivity contribution >= 4 is 29.6 Å². The summed E-state index contributed by atoms with van der Waals surface area (Å²) >= 11 is 0. The molecule has 10 heteroatoms. The minimum atomic E-state index is -2.11. The number of benzene rings is 1. The molecule has 2 aliphatic heterocycles. The van der Waals surface area contributed by atoms with Gasteiger partial charge in [0.1, 0.15) is 29.1 Å². The maximum absolute atomic E-state index is 13.6. The minimum absolute atomic E-state index is 0.0177. The number of ether oxygens (including phenoxy) is 4. The molecule has 0 radical (unpaired) electrons. The van der Waals surface area contributed by atoms with E-state index in [1.807, 2.05) is 0 Å². The van der Waals surface area contributed by atoms with Crippen molar-refractivity contribution in [2.24, 2.45) is 5.73 Å². The number of hydrogen-bond acceptors (Lipinski definition) is 10. The topological polar surface area (TPSA) is 134 Å². The van der Waals surface area contributed by atoms with E-state index in [2.05, 4.69) is 11.3 Å². The quantitative estimate of drug-likeness (QED) is 0.362. The molecule has 2 heterocycles. The number of nitrogens with zero attached hydrogens (tertiary/aromatic N) is 1. The first-order valence-electron chi connectivity index (χ1n) is 10.1. The minimum Gasteiger partial charge on any atom is -0.469 e. The predicted octanol–water partition coefficient (Wildman–Crippen LogP) is 1.21. The molecule has 3 rings (SSSR count). The van der Waals surface area contributed by atoms with Gasteiger partial charge in [0.05, 0.1) is 20.8 Å². The Bertz CT molecular complexity index is 1100. The summed E-state index contributed by atoms with van der Waals surface area (Å²) in [6.07, 6.45) is 1.03. The average molecular weight is 456 g/mol. The average Bonchev–Trinajstić information content (AvgIpc) is 3.08. The van der Waals surface area contributed by atoms with E-state index in [9.17, 15) is 19.2 Å². The van der Waals surface area contributed by atoms with Gasteiger partial charge in [0.2, 0.25) is 0 Å². The fourth-order valence-electron chi connectivity index (χ4n) is 4.12. The second kappa shape index (κ2) is 9.19. The molecule has 0 aromatic heterocycles. The molecule has 0 saturated heterocycles. The molecular weight excluding hydrogens is 432 g/mol. The number of carbonyl (C=O) groups excluding carboxylic acids is 4. The number of cyclic esters (lactones) is 1. The first kappa shape index (κ1) is 23.6. The second-order valence-electron chi connectivity index (χ2n) is 7.08. The van der Waals surface area contributed by atoms with Crippen molar-refractivity contribution in [3.8, 4) is 0 Å². The normalized spacial score (nSPS) is 19.2. The highest BCUT2D eigenvalue weighted by Gasteiger charge is 2.64. The van der Waals surface area contributed by atoms with Gasteiger partial charge < -0.3 is 29.6 Å². The lowest BCUT2D eigenvalue weighted by Gasteiger charge is -2.40. The van der Waals surface area contributed by atoms with Gasteiger partial charge in [-0.2, -0.15) is 0 Å². The van der Waals surface area contributed by atoms with Crippen molar-refractivity contribution in [1.29, 1.82) is 0 Å². The Morgan fingerprint density at radius 3 is 2.45 bits per heavy atom. The summed E-state index contributed by atoms with van der Waals surface area (Å²) in [5.41, 5.74) is 4.37. The van der Waals surface area contributed by atoms with Gasteiger partial charge in [-0.3, -0.25) is 4.79 Å². The van der Waals surface area contributed by atoms with Gasteiger partial charge in [0, 0.05) is 17.8 Å².